The number of carbonyl (C=O) groups is 2. The Morgan fingerprint density at radius 2 is 1.85 bits per heavy atom. The summed E-state index contributed by atoms with van der Waals surface area (Å²) in [6.07, 6.45) is 5.22. The Balaban J connectivity index is 1.55. The first-order chi connectivity index (χ1) is 16.3. The molecule has 1 fully saturated rings. The van der Waals surface area contributed by atoms with Gasteiger partial charge in [0.15, 0.2) is 11.5 Å². The molecule has 0 radical (unpaired) electrons. The van der Waals surface area contributed by atoms with E-state index < -0.39 is 0 Å². The number of fused-ring (bicyclic) bond motifs is 1. The molecule has 0 saturated heterocycles. The highest BCUT2D eigenvalue weighted by atomic mass is 32.2. The van der Waals surface area contributed by atoms with E-state index in [1.807, 2.05) is 42.5 Å². The Hall–Kier alpha value is -2.93. The topological polar surface area (TPSA) is 67.9 Å². The Morgan fingerprint density at radius 1 is 1.09 bits per heavy atom. The fraction of sp³-hybridized carbons (Fsp3) is 0.407. The van der Waals surface area contributed by atoms with Crippen molar-refractivity contribution in [3.63, 3.8) is 0 Å². The monoisotopic (exact) mass is 480 g/mol. The number of carbonyl (C=O) groups excluding carboxylic acids is 2. The number of likely N-dealkylation sites (N-methyl/N-ethyl adjacent to an activating group) is 1. The van der Waals surface area contributed by atoms with Gasteiger partial charge in [-0.05, 0) is 60.2 Å². The molecule has 1 aliphatic heterocycles. The van der Waals surface area contributed by atoms with E-state index in [1.54, 1.807) is 26.2 Å². The van der Waals surface area contributed by atoms with Crippen molar-refractivity contribution in [1.82, 2.24) is 5.32 Å². The first-order valence-corrected chi connectivity index (χ1v) is 12.5. The van der Waals surface area contributed by atoms with Crippen molar-refractivity contribution in [3.05, 3.63) is 52.4 Å². The third kappa shape index (κ3) is 4.80. The molecule has 1 N–H and O–H groups in total. The lowest BCUT2D eigenvalue weighted by Gasteiger charge is -2.34. The first-order valence-electron chi connectivity index (χ1n) is 11.7. The van der Waals surface area contributed by atoms with Gasteiger partial charge in [0, 0.05) is 23.5 Å². The Kier molecular flexibility index (Phi) is 7.22. The second-order valence-corrected chi connectivity index (χ2v) is 10.2. The molecule has 1 saturated carbocycles. The molecule has 6 nitrogen and oxygen atoms in total. The van der Waals surface area contributed by atoms with Crippen LogP contribution in [0.3, 0.4) is 0 Å². The number of anilines is 1. The normalized spacial score (nSPS) is 23.4. The number of thioether (sulfide) groups is 1. The summed E-state index contributed by atoms with van der Waals surface area (Å²) < 4.78 is 10.7. The standard InChI is InChI=1S/C27H32N2O4S/c1-16-7-6-8-20(17(16)2)28-26(30)19-10-12-24-21(15-19)29(3)27(31)25(34-24)14-18-9-11-22(32-4)23(13-18)33-5/h9-17,20H,6-8H2,1-5H3,(H,28,30)/b25-14-/t16-,17-,20+/m0/s1. The van der Waals surface area contributed by atoms with Crippen molar-refractivity contribution in [3.8, 4) is 11.5 Å². The second-order valence-electron chi connectivity index (χ2n) is 9.12. The quantitative estimate of drug-likeness (QED) is 0.583. The molecular weight excluding hydrogens is 448 g/mol. The van der Waals surface area contributed by atoms with Crippen molar-refractivity contribution in [2.24, 2.45) is 11.8 Å². The minimum absolute atomic E-state index is 0.0775. The minimum Gasteiger partial charge on any atom is -0.493 e. The lowest BCUT2D eigenvalue weighted by atomic mass is 9.78. The van der Waals surface area contributed by atoms with Gasteiger partial charge in [-0.1, -0.05) is 44.5 Å². The summed E-state index contributed by atoms with van der Waals surface area (Å²) in [5, 5.41) is 3.23. The van der Waals surface area contributed by atoms with Crippen molar-refractivity contribution in [2.75, 3.05) is 26.2 Å². The van der Waals surface area contributed by atoms with Gasteiger partial charge in [-0.25, -0.2) is 0 Å². The highest BCUT2D eigenvalue weighted by Gasteiger charge is 2.30. The van der Waals surface area contributed by atoms with E-state index in [0.717, 1.165) is 29.0 Å². The predicted octanol–water partition coefficient (Wildman–Crippen LogP) is 5.37. The maximum atomic E-state index is 13.1. The van der Waals surface area contributed by atoms with Crippen LogP contribution in [0.2, 0.25) is 0 Å². The Labute approximate surface area is 205 Å². The summed E-state index contributed by atoms with van der Waals surface area (Å²) in [6.45, 7) is 4.48. The number of benzene rings is 2. The van der Waals surface area contributed by atoms with Crippen molar-refractivity contribution < 1.29 is 19.1 Å². The third-order valence-electron chi connectivity index (χ3n) is 7.05. The summed E-state index contributed by atoms with van der Waals surface area (Å²) in [6, 6.07) is 11.3. The molecule has 1 aliphatic carbocycles. The molecule has 0 unspecified atom stereocenters. The van der Waals surface area contributed by atoms with Crippen LogP contribution in [0.1, 0.15) is 49.0 Å². The highest BCUT2D eigenvalue weighted by Crippen LogP contribution is 2.42. The summed E-state index contributed by atoms with van der Waals surface area (Å²) in [4.78, 5) is 29.3. The van der Waals surface area contributed by atoms with Crippen LogP contribution in [0.15, 0.2) is 46.2 Å². The molecule has 2 aromatic carbocycles. The van der Waals surface area contributed by atoms with E-state index in [0.29, 0.717) is 33.8 Å². The number of rotatable bonds is 5. The van der Waals surface area contributed by atoms with Crippen LogP contribution in [-0.4, -0.2) is 39.1 Å². The third-order valence-corrected chi connectivity index (χ3v) is 8.12. The number of hydrogen-bond acceptors (Lipinski definition) is 5. The van der Waals surface area contributed by atoms with Gasteiger partial charge in [0.2, 0.25) is 0 Å². The van der Waals surface area contributed by atoms with Crippen LogP contribution in [0.25, 0.3) is 6.08 Å². The molecule has 180 valence electrons. The minimum atomic E-state index is -0.112. The van der Waals surface area contributed by atoms with E-state index in [-0.39, 0.29) is 17.9 Å². The van der Waals surface area contributed by atoms with Crippen LogP contribution in [-0.2, 0) is 4.79 Å². The summed E-state index contributed by atoms with van der Waals surface area (Å²) in [5.74, 6) is 2.12. The zero-order valence-electron chi connectivity index (χ0n) is 20.4. The van der Waals surface area contributed by atoms with Gasteiger partial charge in [-0.15, -0.1) is 0 Å². The predicted molar refractivity (Wildman–Crippen MR) is 137 cm³/mol. The molecular formula is C27H32N2O4S. The second kappa shape index (κ2) is 10.1. The lowest BCUT2D eigenvalue weighted by Crippen LogP contribution is -2.43. The van der Waals surface area contributed by atoms with Crippen LogP contribution in [0.5, 0.6) is 11.5 Å². The number of hydrogen-bond donors (Lipinski definition) is 1. The van der Waals surface area contributed by atoms with E-state index in [4.69, 9.17) is 9.47 Å². The summed E-state index contributed by atoms with van der Waals surface area (Å²) in [5.41, 5.74) is 2.17. The van der Waals surface area contributed by atoms with Gasteiger partial charge in [-0.3, -0.25) is 9.59 Å². The zero-order valence-corrected chi connectivity index (χ0v) is 21.2. The van der Waals surface area contributed by atoms with Gasteiger partial charge in [0.05, 0.1) is 24.8 Å². The number of nitrogens with zero attached hydrogens (tertiary/aromatic N) is 1. The smallest absolute Gasteiger partial charge is 0.264 e. The summed E-state index contributed by atoms with van der Waals surface area (Å²) >= 11 is 1.41. The Morgan fingerprint density at radius 3 is 2.59 bits per heavy atom. The van der Waals surface area contributed by atoms with E-state index >= 15 is 0 Å². The molecule has 34 heavy (non-hydrogen) atoms. The number of methoxy groups -OCH3 is 2. The number of nitrogens with one attached hydrogen (secondary N) is 1. The molecule has 4 rings (SSSR count). The van der Waals surface area contributed by atoms with E-state index in [1.165, 1.54) is 18.2 Å². The van der Waals surface area contributed by atoms with Crippen molar-refractivity contribution in [1.29, 1.82) is 0 Å². The molecule has 0 spiro atoms. The molecule has 1 heterocycles. The van der Waals surface area contributed by atoms with Gasteiger partial charge >= 0.3 is 0 Å². The summed E-state index contributed by atoms with van der Waals surface area (Å²) in [7, 11) is 4.92. The number of amides is 2. The molecule has 2 aromatic rings. The van der Waals surface area contributed by atoms with Crippen LogP contribution < -0.4 is 19.7 Å². The van der Waals surface area contributed by atoms with Crippen molar-refractivity contribution in [2.45, 2.75) is 44.0 Å². The molecule has 2 aliphatic rings. The number of ether oxygens (including phenoxy) is 2. The molecule has 3 atom stereocenters. The molecule has 2 amide bonds. The van der Waals surface area contributed by atoms with Crippen LogP contribution in [0.4, 0.5) is 5.69 Å². The highest BCUT2D eigenvalue weighted by molar-refractivity contribution is 8.04. The van der Waals surface area contributed by atoms with Gasteiger partial charge < -0.3 is 19.7 Å². The maximum Gasteiger partial charge on any atom is 0.264 e. The maximum absolute atomic E-state index is 13.1. The van der Waals surface area contributed by atoms with Crippen molar-refractivity contribution >= 4 is 35.3 Å². The molecule has 0 aromatic heterocycles. The zero-order chi connectivity index (χ0) is 24.4. The van der Waals surface area contributed by atoms with Crippen LogP contribution >= 0.6 is 11.8 Å². The average Bonchev–Trinajstić information content (AvgIpc) is 2.84. The largest absolute Gasteiger partial charge is 0.493 e. The van der Waals surface area contributed by atoms with Gasteiger partial charge in [0.1, 0.15) is 0 Å². The average molecular weight is 481 g/mol. The lowest BCUT2D eigenvalue weighted by molar-refractivity contribution is -0.114. The fourth-order valence-electron chi connectivity index (χ4n) is 4.67. The van der Waals surface area contributed by atoms with Gasteiger partial charge in [0.25, 0.3) is 11.8 Å². The van der Waals surface area contributed by atoms with Gasteiger partial charge in [-0.2, -0.15) is 0 Å². The SMILES string of the molecule is COc1ccc(/C=C2\Sc3ccc(C(=O)N[C@@H]4CCC[C@H](C)[C@@H]4C)cc3N(C)C2=O)cc1OC. The van der Waals surface area contributed by atoms with E-state index in [2.05, 4.69) is 19.2 Å². The first kappa shape index (κ1) is 24.2. The Bertz CT molecular complexity index is 1130. The fourth-order valence-corrected chi connectivity index (χ4v) is 5.76. The van der Waals surface area contributed by atoms with E-state index in [9.17, 15) is 9.59 Å². The molecule has 0 bridgehead atoms. The molecule has 7 heteroatoms. The van der Waals surface area contributed by atoms with Crippen LogP contribution in [0, 0.1) is 11.8 Å².